The van der Waals surface area contributed by atoms with Crippen molar-refractivity contribution in [3.63, 3.8) is 0 Å². The van der Waals surface area contributed by atoms with Crippen molar-refractivity contribution in [2.45, 2.75) is 31.2 Å². The molecule has 1 rings (SSSR count). The lowest BCUT2D eigenvalue weighted by Gasteiger charge is -2.25. The third kappa shape index (κ3) is 5.74. The van der Waals surface area contributed by atoms with Crippen LogP contribution in [0.4, 0.5) is 0 Å². The van der Waals surface area contributed by atoms with Gasteiger partial charge in [0, 0.05) is 19.2 Å². The second kappa shape index (κ2) is 7.89. The quantitative estimate of drug-likeness (QED) is 0.753. The molecular weight excluding hydrogens is 288 g/mol. The molecule has 1 aromatic carbocycles. The highest BCUT2D eigenvalue weighted by molar-refractivity contribution is 7.89. The first kappa shape index (κ1) is 18.1. The molecule has 0 saturated carbocycles. The zero-order valence-electron chi connectivity index (χ0n) is 13.2. The van der Waals surface area contributed by atoms with Gasteiger partial charge in [-0.3, -0.25) is 0 Å². The van der Waals surface area contributed by atoms with Crippen molar-refractivity contribution >= 4 is 10.0 Å². The highest BCUT2D eigenvalue weighted by Gasteiger charge is 2.22. The predicted molar refractivity (Wildman–Crippen MR) is 84.7 cm³/mol. The molecule has 0 bridgehead atoms. The van der Waals surface area contributed by atoms with Crippen molar-refractivity contribution in [3.05, 3.63) is 29.8 Å². The Morgan fingerprint density at radius 3 is 2.19 bits per heavy atom. The summed E-state index contributed by atoms with van der Waals surface area (Å²) in [6, 6.07) is 6.50. The first-order valence-electron chi connectivity index (χ1n) is 7.13. The summed E-state index contributed by atoms with van der Waals surface area (Å²) in [6.07, 6.45) is 0.531. The number of rotatable bonds is 8. The van der Waals surface area contributed by atoms with E-state index in [0.717, 1.165) is 5.56 Å². The maximum atomic E-state index is 12.4. The zero-order valence-corrected chi connectivity index (χ0v) is 14.0. The van der Waals surface area contributed by atoms with Crippen LogP contribution < -0.4 is 4.72 Å². The van der Waals surface area contributed by atoms with Gasteiger partial charge in [-0.1, -0.05) is 26.0 Å². The van der Waals surface area contributed by atoms with Crippen molar-refractivity contribution < 1.29 is 13.5 Å². The molecule has 0 aliphatic rings. The lowest BCUT2D eigenvalue weighted by atomic mass is 10.1. The molecule has 5 nitrogen and oxygen atoms in total. The number of nitrogens with one attached hydrogen (secondary N) is 1. The van der Waals surface area contributed by atoms with Crippen molar-refractivity contribution in [2.24, 2.45) is 5.92 Å². The average molecular weight is 314 g/mol. The number of hydrogen-bond acceptors (Lipinski definition) is 4. The molecule has 120 valence electrons. The molecule has 1 unspecified atom stereocenters. The number of aliphatic hydroxyl groups excluding tert-OH is 1. The van der Waals surface area contributed by atoms with E-state index in [4.69, 9.17) is 5.11 Å². The van der Waals surface area contributed by atoms with Gasteiger partial charge in [0.15, 0.2) is 0 Å². The number of sulfonamides is 1. The van der Waals surface area contributed by atoms with E-state index >= 15 is 0 Å². The molecule has 0 spiro atoms. The van der Waals surface area contributed by atoms with Crippen molar-refractivity contribution in [2.75, 3.05) is 27.2 Å². The molecule has 1 atom stereocenters. The normalized spacial score (nSPS) is 13.9. The van der Waals surface area contributed by atoms with Gasteiger partial charge in [-0.25, -0.2) is 13.1 Å². The molecule has 0 aliphatic heterocycles. The summed E-state index contributed by atoms with van der Waals surface area (Å²) in [5.74, 6) is 0.204. The second-order valence-corrected chi connectivity index (χ2v) is 7.57. The van der Waals surface area contributed by atoms with Gasteiger partial charge in [-0.2, -0.15) is 0 Å². The minimum Gasteiger partial charge on any atom is -0.396 e. The number of likely N-dealkylation sites (N-methyl/N-ethyl adjacent to an activating group) is 1. The van der Waals surface area contributed by atoms with Gasteiger partial charge < -0.3 is 10.0 Å². The van der Waals surface area contributed by atoms with Crippen LogP contribution in [0.2, 0.25) is 0 Å². The largest absolute Gasteiger partial charge is 0.396 e. The van der Waals surface area contributed by atoms with Crippen LogP contribution in [-0.4, -0.2) is 51.7 Å². The smallest absolute Gasteiger partial charge is 0.240 e. The van der Waals surface area contributed by atoms with Gasteiger partial charge in [-0.15, -0.1) is 0 Å². The molecule has 1 aromatic rings. The van der Waals surface area contributed by atoms with Gasteiger partial charge in [0.25, 0.3) is 0 Å². The first-order valence-corrected chi connectivity index (χ1v) is 8.61. The third-order valence-corrected chi connectivity index (χ3v) is 4.81. The van der Waals surface area contributed by atoms with E-state index in [1.54, 1.807) is 24.3 Å². The van der Waals surface area contributed by atoms with Crippen LogP contribution in [0.15, 0.2) is 29.2 Å². The summed E-state index contributed by atoms with van der Waals surface area (Å²) in [7, 11) is 0.327. The average Bonchev–Trinajstić information content (AvgIpc) is 2.38. The van der Waals surface area contributed by atoms with E-state index in [9.17, 15) is 8.42 Å². The topological polar surface area (TPSA) is 69.6 Å². The van der Waals surface area contributed by atoms with Crippen LogP contribution in [0.25, 0.3) is 0 Å². The second-order valence-electron chi connectivity index (χ2n) is 5.85. The van der Waals surface area contributed by atoms with Crippen LogP contribution >= 0.6 is 0 Å². The van der Waals surface area contributed by atoms with Gasteiger partial charge in [0.2, 0.25) is 10.0 Å². The molecule has 6 heteroatoms. The maximum Gasteiger partial charge on any atom is 0.240 e. The van der Waals surface area contributed by atoms with E-state index in [1.807, 2.05) is 32.8 Å². The van der Waals surface area contributed by atoms with Crippen molar-refractivity contribution in [1.29, 1.82) is 0 Å². The number of aliphatic hydroxyl groups is 1. The van der Waals surface area contributed by atoms with Crippen LogP contribution in [0.5, 0.6) is 0 Å². The summed E-state index contributed by atoms with van der Waals surface area (Å²) in [5.41, 5.74) is 0.921. The fourth-order valence-electron chi connectivity index (χ4n) is 2.01. The Labute approximate surface area is 128 Å². The van der Waals surface area contributed by atoms with E-state index < -0.39 is 10.0 Å². The minimum atomic E-state index is -3.52. The molecule has 0 radical (unpaired) electrons. The molecule has 0 amide bonds. The summed E-state index contributed by atoms with van der Waals surface area (Å²) >= 11 is 0. The summed E-state index contributed by atoms with van der Waals surface area (Å²) in [5, 5.41) is 8.88. The molecule has 0 saturated heterocycles. The Kier molecular flexibility index (Phi) is 6.80. The van der Waals surface area contributed by atoms with E-state index in [1.165, 1.54) is 0 Å². The molecular formula is C15H26N2O3S. The lowest BCUT2D eigenvalue weighted by molar-refractivity contribution is 0.299. The Hall–Kier alpha value is -0.950. The SMILES string of the molecule is CC(C)C(CN(C)C)NS(=O)(=O)c1ccc(CCO)cc1. The van der Waals surface area contributed by atoms with Crippen LogP contribution in [-0.2, 0) is 16.4 Å². The molecule has 0 aliphatic carbocycles. The fourth-order valence-corrected chi connectivity index (χ4v) is 3.38. The fraction of sp³-hybridized carbons (Fsp3) is 0.600. The maximum absolute atomic E-state index is 12.4. The zero-order chi connectivity index (χ0) is 16.0. The monoisotopic (exact) mass is 314 g/mol. The number of hydrogen-bond donors (Lipinski definition) is 2. The molecule has 0 aromatic heterocycles. The van der Waals surface area contributed by atoms with Crippen LogP contribution in [0.3, 0.4) is 0 Å². The third-order valence-electron chi connectivity index (χ3n) is 3.31. The summed E-state index contributed by atoms with van der Waals surface area (Å²) < 4.78 is 27.6. The Balaban J connectivity index is 2.88. The van der Waals surface area contributed by atoms with Crippen molar-refractivity contribution in [1.82, 2.24) is 9.62 Å². The number of benzene rings is 1. The standard InChI is InChI=1S/C15H26N2O3S/c1-12(2)15(11-17(3)4)16-21(19,20)14-7-5-13(6-8-14)9-10-18/h5-8,12,15-16,18H,9-11H2,1-4H3. The predicted octanol–water partition coefficient (Wildman–Crippen LogP) is 1.09. The highest BCUT2D eigenvalue weighted by Crippen LogP contribution is 2.13. The molecule has 2 N–H and O–H groups in total. The Morgan fingerprint density at radius 2 is 1.76 bits per heavy atom. The van der Waals surface area contributed by atoms with Gasteiger partial charge in [-0.05, 0) is 44.1 Å². The Bertz CT molecular complexity index is 524. The summed E-state index contributed by atoms with van der Waals surface area (Å²) in [6.45, 7) is 4.71. The van der Waals surface area contributed by atoms with Gasteiger partial charge >= 0.3 is 0 Å². The highest BCUT2D eigenvalue weighted by atomic mass is 32.2. The minimum absolute atomic E-state index is 0.0581. The van der Waals surface area contributed by atoms with Gasteiger partial charge in [0.1, 0.15) is 0 Å². The summed E-state index contributed by atoms with van der Waals surface area (Å²) in [4.78, 5) is 2.23. The lowest BCUT2D eigenvalue weighted by Crippen LogP contribution is -2.44. The van der Waals surface area contributed by atoms with E-state index in [-0.39, 0.29) is 23.5 Å². The molecule has 0 heterocycles. The molecule has 0 fully saturated rings. The first-order chi connectivity index (χ1) is 9.76. The van der Waals surface area contributed by atoms with Gasteiger partial charge in [0.05, 0.1) is 4.90 Å². The number of nitrogens with zero attached hydrogens (tertiary/aromatic N) is 1. The van der Waals surface area contributed by atoms with Crippen molar-refractivity contribution in [3.8, 4) is 0 Å². The van der Waals surface area contributed by atoms with Crippen LogP contribution in [0, 0.1) is 5.92 Å². The molecule has 21 heavy (non-hydrogen) atoms. The van der Waals surface area contributed by atoms with E-state index in [0.29, 0.717) is 13.0 Å². The Morgan fingerprint density at radius 1 is 1.19 bits per heavy atom. The van der Waals surface area contributed by atoms with E-state index in [2.05, 4.69) is 4.72 Å². The van der Waals surface area contributed by atoms with Crippen LogP contribution in [0.1, 0.15) is 19.4 Å².